The molecule has 0 radical (unpaired) electrons. The van der Waals surface area contributed by atoms with E-state index in [0.29, 0.717) is 13.0 Å². The van der Waals surface area contributed by atoms with E-state index in [1.54, 1.807) is 0 Å². The topological polar surface area (TPSA) is 74.0 Å². The number of fused-ring (bicyclic) bond motifs is 1. The summed E-state index contributed by atoms with van der Waals surface area (Å²) in [7, 11) is 0. The summed E-state index contributed by atoms with van der Waals surface area (Å²) in [6.45, 7) is 6.09. The van der Waals surface area contributed by atoms with Gasteiger partial charge in [-0.25, -0.2) is 4.98 Å². The second-order valence-corrected chi connectivity index (χ2v) is 6.47. The lowest BCUT2D eigenvalue weighted by Gasteiger charge is -2.15. The number of imidazole rings is 1. The predicted molar refractivity (Wildman–Crippen MR) is 103 cm³/mol. The third-order valence-electron chi connectivity index (χ3n) is 4.46. The van der Waals surface area contributed by atoms with Crippen molar-refractivity contribution in [1.82, 2.24) is 24.9 Å². The van der Waals surface area contributed by atoms with Crippen LogP contribution in [0.1, 0.15) is 31.9 Å². The minimum absolute atomic E-state index is 0.284. The van der Waals surface area contributed by atoms with Gasteiger partial charge in [0.25, 0.3) is 0 Å². The number of carbonyl (C=O) groups excluding carboxylic acids is 1. The molecule has 7 nitrogen and oxygen atoms in total. The van der Waals surface area contributed by atoms with Gasteiger partial charge in [-0.3, -0.25) is 9.79 Å². The van der Waals surface area contributed by atoms with Crippen molar-refractivity contribution in [3.05, 3.63) is 36.3 Å². The van der Waals surface area contributed by atoms with Crippen LogP contribution in [0, 0.1) is 0 Å². The van der Waals surface area contributed by atoms with E-state index in [2.05, 4.69) is 33.7 Å². The molecule has 0 aliphatic carbocycles. The van der Waals surface area contributed by atoms with Crippen molar-refractivity contribution in [3.8, 4) is 0 Å². The molecule has 0 spiro atoms. The molecule has 140 valence electrons. The normalized spacial score (nSPS) is 15.0. The molecule has 1 fully saturated rings. The summed E-state index contributed by atoms with van der Waals surface area (Å²) in [5.74, 6) is 1.11. The van der Waals surface area contributed by atoms with Gasteiger partial charge in [0.2, 0.25) is 5.91 Å². The van der Waals surface area contributed by atoms with E-state index in [4.69, 9.17) is 0 Å². The first-order valence-corrected chi connectivity index (χ1v) is 9.49. The van der Waals surface area contributed by atoms with Crippen LogP contribution < -0.4 is 10.6 Å². The molecule has 0 unspecified atom stereocenters. The van der Waals surface area contributed by atoms with E-state index in [1.165, 1.54) is 0 Å². The van der Waals surface area contributed by atoms with Gasteiger partial charge >= 0.3 is 0 Å². The van der Waals surface area contributed by atoms with Crippen molar-refractivity contribution in [1.29, 1.82) is 0 Å². The van der Waals surface area contributed by atoms with Crippen LogP contribution in [0.2, 0.25) is 0 Å². The van der Waals surface area contributed by atoms with Crippen LogP contribution in [0.15, 0.2) is 35.6 Å². The Hall–Kier alpha value is -2.57. The highest BCUT2D eigenvalue weighted by Gasteiger charge is 2.18. The molecule has 0 bridgehead atoms. The van der Waals surface area contributed by atoms with Gasteiger partial charge in [-0.2, -0.15) is 0 Å². The standard InChI is InChI=1S/C19H28N6O/c1-2-20-19(21-10-6-14-24-13-5-8-18(24)26)22-11-9-16-15-25-12-4-3-7-17(25)23-16/h3-4,7,12,15H,2,5-6,8-11,13-14H2,1H3,(H2,20,21,22). The molecular formula is C19H28N6O. The van der Waals surface area contributed by atoms with Gasteiger partial charge in [0.15, 0.2) is 5.96 Å². The molecule has 0 atom stereocenters. The average molecular weight is 356 g/mol. The van der Waals surface area contributed by atoms with Gasteiger partial charge in [-0.1, -0.05) is 6.07 Å². The number of hydrogen-bond donors (Lipinski definition) is 2. The number of likely N-dealkylation sites (tertiary alicyclic amines) is 1. The maximum Gasteiger partial charge on any atom is 0.222 e. The van der Waals surface area contributed by atoms with Gasteiger partial charge in [0, 0.05) is 58.0 Å². The van der Waals surface area contributed by atoms with E-state index in [0.717, 1.165) is 62.7 Å². The fraction of sp³-hybridized carbons (Fsp3) is 0.526. The summed E-state index contributed by atoms with van der Waals surface area (Å²) in [5, 5.41) is 6.63. The molecule has 3 rings (SSSR count). The van der Waals surface area contributed by atoms with E-state index >= 15 is 0 Å². The molecule has 2 N–H and O–H groups in total. The zero-order chi connectivity index (χ0) is 18.2. The smallest absolute Gasteiger partial charge is 0.222 e. The molecule has 0 saturated carbocycles. The maximum atomic E-state index is 11.6. The second-order valence-electron chi connectivity index (χ2n) is 6.47. The number of carbonyl (C=O) groups is 1. The average Bonchev–Trinajstić information content (AvgIpc) is 3.24. The van der Waals surface area contributed by atoms with E-state index in [1.807, 2.05) is 33.7 Å². The van der Waals surface area contributed by atoms with Gasteiger partial charge in [-0.05, 0) is 31.9 Å². The van der Waals surface area contributed by atoms with E-state index in [-0.39, 0.29) is 5.91 Å². The third kappa shape index (κ3) is 4.97. The fourth-order valence-electron chi connectivity index (χ4n) is 3.15. The Morgan fingerprint density at radius 3 is 3.04 bits per heavy atom. The van der Waals surface area contributed by atoms with Crippen molar-refractivity contribution in [3.63, 3.8) is 0 Å². The van der Waals surface area contributed by atoms with Crippen LogP contribution in [-0.4, -0.2) is 58.9 Å². The summed E-state index contributed by atoms with van der Waals surface area (Å²) in [4.78, 5) is 22.8. The number of aliphatic imine (C=N–C) groups is 1. The van der Waals surface area contributed by atoms with Crippen molar-refractivity contribution >= 4 is 17.5 Å². The molecule has 7 heteroatoms. The summed E-state index contributed by atoms with van der Waals surface area (Å²) in [6.07, 6.45) is 7.51. The SMILES string of the molecule is CCNC(=NCCCN1CCCC1=O)NCCc1cn2ccccc2n1. The molecule has 1 amide bonds. The van der Waals surface area contributed by atoms with Crippen LogP contribution in [0.3, 0.4) is 0 Å². The van der Waals surface area contributed by atoms with Crippen molar-refractivity contribution in [2.24, 2.45) is 4.99 Å². The lowest BCUT2D eigenvalue weighted by Crippen LogP contribution is -2.38. The predicted octanol–water partition coefficient (Wildman–Crippen LogP) is 1.44. The molecule has 0 aromatic carbocycles. The van der Waals surface area contributed by atoms with Crippen LogP contribution in [-0.2, 0) is 11.2 Å². The first kappa shape index (κ1) is 18.2. The second kappa shape index (κ2) is 9.22. The number of nitrogens with zero attached hydrogens (tertiary/aromatic N) is 4. The molecule has 3 heterocycles. The molecule has 1 saturated heterocycles. The highest BCUT2D eigenvalue weighted by Crippen LogP contribution is 2.09. The van der Waals surface area contributed by atoms with Crippen molar-refractivity contribution in [2.75, 3.05) is 32.7 Å². The Morgan fingerprint density at radius 1 is 1.35 bits per heavy atom. The Labute approximate surface area is 154 Å². The number of aromatic nitrogens is 2. The van der Waals surface area contributed by atoms with Crippen LogP contribution >= 0.6 is 0 Å². The highest BCUT2D eigenvalue weighted by molar-refractivity contribution is 5.79. The quantitative estimate of drug-likeness (QED) is 0.426. The van der Waals surface area contributed by atoms with Gasteiger partial charge in [-0.15, -0.1) is 0 Å². The zero-order valence-electron chi connectivity index (χ0n) is 15.4. The molecule has 1 aliphatic heterocycles. The Balaban J connectivity index is 1.42. The van der Waals surface area contributed by atoms with Crippen LogP contribution in [0.25, 0.3) is 5.65 Å². The van der Waals surface area contributed by atoms with Crippen molar-refractivity contribution < 1.29 is 4.79 Å². The largest absolute Gasteiger partial charge is 0.357 e. The number of rotatable bonds is 8. The van der Waals surface area contributed by atoms with Gasteiger partial charge in [0.1, 0.15) is 5.65 Å². The van der Waals surface area contributed by atoms with Crippen LogP contribution in [0.4, 0.5) is 0 Å². The van der Waals surface area contributed by atoms with Crippen molar-refractivity contribution in [2.45, 2.75) is 32.6 Å². The number of amides is 1. The summed E-state index contributed by atoms with van der Waals surface area (Å²) in [6, 6.07) is 6.01. The molecule has 26 heavy (non-hydrogen) atoms. The molecular weight excluding hydrogens is 328 g/mol. The molecule has 2 aromatic rings. The summed E-state index contributed by atoms with van der Waals surface area (Å²) >= 11 is 0. The lowest BCUT2D eigenvalue weighted by molar-refractivity contribution is -0.127. The molecule has 2 aromatic heterocycles. The summed E-state index contributed by atoms with van der Waals surface area (Å²) < 4.78 is 2.04. The highest BCUT2D eigenvalue weighted by atomic mass is 16.2. The number of nitrogens with one attached hydrogen (secondary N) is 2. The summed E-state index contributed by atoms with van der Waals surface area (Å²) in [5.41, 5.74) is 2.03. The minimum Gasteiger partial charge on any atom is -0.357 e. The number of guanidine groups is 1. The minimum atomic E-state index is 0.284. The maximum absolute atomic E-state index is 11.6. The Kier molecular flexibility index (Phi) is 6.46. The number of hydrogen-bond acceptors (Lipinski definition) is 3. The lowest BCUT2D eigenvalue weighted by atomic mass is 10.3. The van der Waals surface area contributed by atoms with Gasteiger partial charge < -0.3 is 19.9 Å². The van der Waals surface area contributed by atoms with E-state index < -0.39 is 0 Å². The van der Waals surface area contributed by atoms with E-state index in [9.17, 15) is 4.79 Å². The monoisotopic (exact) mass is 356 g/mol. The number of pyridine rings is 1. The third-order valence-corrected chi connectivity index (χ3v) is 4.46. The fourth-order valence-corrected chi connectivity index (χ4v) is 3.15. The molecule has 1 aliphatic rings. The van der Waals surface area contributed by atoms with Crippen LogP contribution in [0.5, 0.6) is 0 Å². The van der Waals surface area contributed by atoms with Gasteiger partial charge in [0.05, 0.1) is 5.69 Å². The first-order valence-electron chi connectivity index (χ1n) is 9.49. The Bertz CT molecular complexity index is 720. The zero-order valence-corrected chi connectivity index (χ0v) is 15.4. The first-order chi connectivity index (χ1) is 12.8. The Morgan fingerprint density at radius 2 is 2.27 bits per heavy atom.